The molecule has 0 bridgehead atoms. The maximum Gasteiger partial charge on any atom is 0.416 e. The van der Waals surface area contributed by atoms with Crippen LogP contribution >= 0.6 is 0 Å². The second-order valence-electron chi connectivity index (χ2n) is 3.04. The lowest BCUT2D eigenvalue weighted by Gasteiger charge is -2.06. The Bertz CT molecular complexity index is 465. The second-order valence-corrected chi connectivity index (χ2v) is 3.04. The Hall–Kier alpha value is -1.98. The molecule has 82 valence electrons. The Morgan fingerprint density at radius 1 is 0.938 bits per heavy atom. The van der Waals surface area contributed by atoms with Gasteiger partial charge in [0.25, 0.3) is 0 Å². The first-order chi connectivity index (χ1) is 7.57. The van der Waals surface area contributed by atoms with Crippen LogP contribution in [0.15, 0.2) is 36.7 Å². The highest BCUT2D eigenvalue weighted by atomic mass is 19.4. The van der Waals surface area contributed by atoms with Crippen molar-refractivity contribution in [2.45, 2.75) is 6.18 Å². The average Bonchev–Trinajstić information content (AvgIpc) is 2.29. The third kappa shape index (κ3) is 2.16. The van der Waals surface area contributed by atoms with Crippen LogP contribution in [0.5, 0.6) is 0 Å². The van der Waals surface area contributed by atoms with Gasteiger partial charge in [-0.2, -0.15) is 18.3 Å². The summed E-state index contributed by atoms with van der Waals surface area (Å²) >= 11 is 0. The number of halogens is 3. The maximum absolute atomic E-state index is 12.3. The summed E-state index contributed by atoms with van der Waals surface area (Å²) in [6.45, 7) is 0. The molecule has 1 aromatic heterocycles. The van der Waals surface area contributed by atoms with E-state index >= 15 is 0 Å². The van der Waals surface area contributed by atoms with Crippen molar-refractivity contribution < 1.29 is 13.2 Å². The topological polar surface area (TPSA) is 38.7 Å². The molecular weight excluding hydrogens is 219 g/mol. The van der Waals surface area contributed by atoms with E-state index in [1.165, 1.54) is 24.5 Å². The van der Waals surface area contributed by atoms with Crippen molar-refractivity contribution in [3.63, 3.8) is 0 Å². The van der Waals surface area contributed by atoms with Gasteiger partial charge in [0.05, 0.1) is 11.8 Å². The fraction of sp³-hybridized carbons (Fsp3) is 0.100. The first-order valence-corrected chi connectivity index (χ1v) is 4.39. The van der Waals surface area contributed by atoms with Gasteiger partial charge in [0.15, 0.2) is 5.82 Å². The molecular formula is C10H6F3N3. The van der Waals surface area contributed by atoms with Gasteiger partial charge in [0, 0.05) is 11.8 Å². The van der Waals surface area contributed by atoms with Gasteiger partial charge in [-0.25, -0.2) is 4.98 Å². The zero-order chi connectivity index (χ0) is 11.6. The van der Waals surface area contributed by atoms with Crippen LogP contribution in [-0.4, -0.2) is 15.2 Å². The molecule has 0 atom stereocenters. The molecule has 1 aromatic carbocycles. The molecule has 0 aliphatic rings. The van der Waals surface area contributed by atoms with Crippen LogP contribution in [0.3, 0.4) is 0 Å². The Kier molecular flexibility index (Phi) is 2.55. The summed E-state index contributed by atoms with van der Waals surface area (Å²) in [5.74, 6) is 0.302. The van der Waals surface area contributed by atoms with Crippen LogP contribution in [0.25, 0.3) is 11.4 Å². The van der Waals surface area contributed by atoms with E-state index < -0.39 is 11.7 Å². The molecule has 0 saturated heterocycles. The van der Waals surface area contributed by atoms with E-state index in [4.69, 9.17) is 0 Å². The first kappa shape index (κ1) is 10.5. The Labute approximate surface area is 89.0 Å². The number of nitrogens with zero attached hydrogens (tertiary/aromatic N) is 3. The van der Waals surface area contributed by atoms with E-state index in [9.17, 15) is 13.2 Å². The van der Waals surface area contributed by atoms with Crippen molar-refractivity contribution in [2.75, 3.05) is 0 Å². The van der Waals surface area contributed by atoms with Crippen LogP contribution in [0.2, 0.25) is 0 Å². The fourth-order valence-corrected chi connectivity index (χ4v) is 1.19. The van der Waals surface area contributed by atoms with E-state index in [1.807, 2.05) is 0 Å². The summed E-state index contributed by atoms with van der Waals surface area (Å²) in [6, 6.07) is 4.62. The summed E-state index contributed by atoms with van der Waals surface area (Å²) in [4.78, 5) is 3.89. The van der Waals surface area contributed by atoms with Gasteiger partial charge in [-0.15, -0.1) is 5.10 Å². The van der Waals surface area contributed by atoms with Gasteiger partial charge in [-0.05, 0) is 12.1 Å². The molecule has 0 amide bonds. The summed E-state index contributed by atoms with van der Waals surface area (Å²) < 4.78 is 36.8. The molecule has 16 heavy (non-hydrogen) atoms. The lowest BCUT2D eigenvalue weighted by molar-refractivity contribution is -0.137. The van der Waals surface area contributed by atoms with E-state index in [2.05, 4.69) is 15.2 Å². The molecule has 0 fully saturated rings. The van der Waals surface area contributed by atoms with E-state index in [0.717, 1.165) is 12.1 Å². The lowest BCUT2D eigenvalue weighted by atomic mass is 10.1. The molecule has 6 heteroatoms. The highest BCUT2D eigenvalue weighted by molar-refractivity contribution is 5.54. The quantitative estimate of drug-likeness (QED) is 0.748. The van der Waals surface area contributed by atoms with Gasteiger partial charge >= 0.3 is 6.18 Å². The van der Waals surface area contributed by atoms with E-state index in [0.29, 0.717) is 11.4 Å². The normalized spacial score (nSPS) is 11.4. The molecule has 0 radical (unpaired) electrons. The lowest BCUT2D eigenvalue weighted by Crippen LogP contribution is -2.04. The minimum Gasteiger partial charge on any atom is -0.233 e. The summed E-state index contributed by atoms with van der Waals surface area (Å²) in [5.41, 5.74) is -0.193. The van der Waals surface area contributed by atoms with Gasteiger partial charge in [0.1, 0.15) is 0 Å². The van der Waals surface area contributed by atoms with Gasteiger partial charge in [-0.3, -0.25) is 0 Å². The van der Waals surface area contributed by atoms with Crippen molar-refractivity contribution >= 4 is 0 Å². The van der Waals surface area contributed by atoms with Crippen LogP contribution in [0.4, 0.5) is 13.2 Å². The third-order valence-corrected chi connectivity index (χ3v) is 1.95. The number of rotatable bonds is 1. The van der Waals surface area contributed by atoms with Crippen LogP contribution in [0, 0.1) is 0 Å². The number of aromatic nitrogens is 3. The molecule has 3 nitrogen and oxygen atoms in total. The molecule has 1 heterocycles. The van der Waals surface area contributed by atoms with Crippen molar-refractivity contribution in [3.05, 3.63) is 42.2 Å². The monoisotopic (exact) mass is 225 g/mol. The van der Waals surface area contributed by atoms with Crippen LogP contribution in [-0.2, 0) is 6.18 Å². The fourth-order valence-electron chi connectivity index (χ4n) is 1.19. The Balaban J connectivity index is 2.34. The van der Waals surface area contributed by atoms with Gasteiger partial charge < -0.3 is 0 Å². The minimum absolute atomic E-state index is 0.302. The van der Waals surface area contributed by atoms with Crippen molar-refractivity contribution in [3.8, 4) is 11.4 Å². The van der Waals surface area contributed by atoms with E-state index in [1.54, 1.807) is 0 Å². The first-order valence-electron chi connectivity index (χ1n) is 4.39. The second kappa shape index (κ2) is 3.88. The number of hydrogen-bond donors (Lipinski definition) is 0. The average molecular weight is 225 g/mol. The smallest absolute Gasteiger partial charge is 0.233 e. The Morgan fingerprint density at radius 3 is 2.12 bits per heavy atom. The summed E-state index contributed by atoms with van der Waals surface area (Å²) in [6.07, 6.45) is -1.50. The predicted molar refractivity (Wildman–Crippen MR) is 50.3 cm³/mol. The molecule has 0 N–H and O–H groups in total. The van der Waals surface area contributed by atoms with Crippen molar-refractivity contribution in [2.24, 2.45) is 0 Å². The standard InChI is InChI=1S/C10H6F3N3/c11-10(12,13)8-3-1-7(2-4-8)9-14-5-6-15-16-9/h1-6H. The molecule has 0 spiro atoms. The summed E-state index contributed by atoms with van der Waals surface area (Å²) in [7, 11) is 0. The molecule has 2 rings (SSSR count). The molecule has 0 aliphatic heterocycles. The van der Waals surface area contributed by atoms with Gasteiger partial charge in [0.2, 0.25) is 0 Å². The van der Waals surface area contributed by atoms with Crippen LogP contribution < -0.4 is 0 Å². The highest BCUT2D eigenvalue weighted by Crippen LogP contribution is 2.30. The number of hydrogen-bond acceptors (Lipinski definition) is 3. The Morgan fingerprint density at radius 2 is 1.62 bits per heavy atom. The summed E-state index contributed by atoms with van der Waals surface area (Å²) in [5, 5.41) is 7.30. The zero-order valence-corrected chi connectivity index (χ0v) is 7.94. The van der Waals surface area contributed by atoms with Crippen molar-refractivity contribution in [1.82, 2.24) is 15.2 Å². The molecule has 0 unspecified atom stereocenters. The predicted octanol–water partition coefficient (Wildman–Crippen LogP) is 2.56. The molecule has 2 aromatic rings. The maximum atomic E-state index is 12.3. The van der Waals surface area contributed by atoms with Gasteiger partial charge in [-0.1, -0.05) is 12.1 Å². The highest BCUT2D eigenvalue weighted by Gasteiger charge is 2.30. The number of benzene rings is 1. The van der Waals surface area contributed by atoms with E-state index in [-0.39, 0.29) is 0 Å². The van der Waals surface area contributed by atoms with Crippen molar-refractivity contribution in [1.29, 1.82) is 0 Å². The zero-order valence-electron chi connectivity index (χ0n) is 7.94. The largest absolute Gasteiger partial charge is 0.416 e. The number of alkyl halides is 3. The minimum atomic E-state index is -4.33. The molecule has 0 saturated carbocycles. The third-order valence-electron chi connectivity index (χ3n) is 1.95. The molecule has 0 aliphatic carbocycles. The SMILES string of the molecule is FC(F)(F)c1ccc(-c2nccnn2)cc1. The van der Waals surface area contributed by atoms with Crippen LogP contribution in [0.1, 0.15) is 5.56 Å².